The van der Waals surface area contributed by atoms with Gasteiger partial charge in [0.2, 0.25) is 0 Å². The first-order valence-corrected chi connectivity index (χ1v) is 9.21. The molecule has 0 aliphatic carbocycles. The number of aliphatic imine (C=N–C) groups is 1. The highest BCUT2D eigenvalue weighted by Gasteiger charge is 2.60. The summed E-state index contributed by atoms with van der Waals surface area (Å²) in [6.07, 6.45) is -5.59. The molecule has 0 aromatic carbocycles. The van der Waals surface area contributed by atoms with Crippen LogP contribution in [0.2, 0.25) is 0 Å². The van der Waals surface area contributed by atoms with E-state index in [0.29, 0.717) is 0 Å². The largest absolute Gasteiger partial charge is 0.460 e. The molecule has 5 nitrogen and oxygen atoms in total. The van der Waals surface area contributed by atoms with Crippen LogP contribution in [-0.4, -0.2) is 40.7 Å². The highest BCUT2D eigenvalue weighted by molar-refractivity contribution is 9.10. The molecule has 1 aliphatic heterocycles. The van der Waals surface area contributed by atoms with E-state index in [1.54, 1.807) is 20.8 Å². The summed E-state index contributed by atoms with van der Waals surface area (Å²) in [5, 5.41) is 0. The van der Waals surface area contributed by atoms with Gasteiger partial charge in [0, 0.05) is 0 Å². The number of pyridine rings is 1. The molecule has 0 saturated heterocycles. The highest BCUT2D eigenvalue weighted by Crippen LogP contribution is 2.43. The van der Waals surface area contributed by atoms with E-state index >= 15 is 0 Å². The van der Waals surface area contributed by atoms with Crippen LogP contribution in [0, 0.1) is 5.82 Å². The van der Waals surface area contributed by atoms with Crippen molar-refractivity contribution in [2.75, 3.05) is 6.61 Å². The summed E-state index contributed by atoms with van der Waals surface area (Å²) in [5.74, 6) is -1.64. The number of ether oxygens (including phenoxy) is 2. The van der Waals surface area contributed by atoms with E-state index in [0.717, 1.165) is 13.0 Å². The summed E-state index contributed by atoms with van der Waals surface area (Å²) in [7, 11) is 0. The van der Waals surface area contributed by atoms with E-state index in [1.807, 2.05) is 0 Å². The Morgan fingerprint density at radius 2 is 1.89 bits per heavy atom. The number of rotatable bonds is 3. The predicted octanol–water partition coefficient (Wildman–Crippen LogP) is 4.72. The lowest BCUT2D eigenvalue weighted by Gasteiger charge is -2.42. The van der Waals surface area contributed by atoms with Crippen molar-refractivity contribution in [3.63, 3.8) is 0 Å². The van der Waals surface area contributed by atoms with Gasteiger partial charge in [-0.2, -0.15) is 13.2 Å². The van der Waals surface area contributed by atoms with E-state index in [2.05, 4.69) is 25.9 Å². The van der Waals surface area contributed by atoms with Gasteiger partial charge in [-0.25, -0.2) is 9.37 Å². The van der Waals surface area contributed by atoms with Gasteiger partial charge in [-0.05, 0) is 62.7 Å². The first kappa shape index (κ1) is 22.7. The summed E-state index contributed by atoms with van der Waals surface area (Å²) < 4.78 is 66.0. The minimum Gasteiger partial charge on any atom is -0.460 e. The molecule has 2 atom stereocenters. The molecule has 2 rings (SSSR count). The first-order chi connectivity index (χ1) is 12.6. The fourth-order valence-corrected chi connectivity index (χ4v) is 3.00. The predicted molar refractivity (Wildman–Crippen MR) is 97.6 cm³/mol. The Morgan fingerprint density at radius 3 is 2.43 bits per heavy atom. The molecule has 156 valence electrons. The molecular weight excluding hydrogens is 448 g/mol. The van der Waals surface area contributed by atoms with Gasteiger partial charge in [-0.15, -0.1) is 0 Å². The van der Waals surface area contributed by atoms with Crippen LogP contribution in [-0.2, 0) is 19.8 Å². The van der Waals surface area contributed by atoms with E-state index in [-0.39, 0.29) is 10.3 Å². The van der Waals surface area contributed by atoms with Crippen LogP contribution in [0.4, 0.5) is 17.6 Å². The van der Waals surface area contributed by atoms with Gasteiger partial charge >= 0.3 is 12.1 Å². The summed E-state index contributed by atoms with van der Waals surface area (Å²) in [5.41, 5.74) is -6.01. The van der Waals surface area contributed by atoms with Crippen molar-refractivity contribution >= 4 is 27.6 Å². The zero-order chi connectivity index (χ0) is 21.5. The second kappa shape index (κ2) is 7.37. The smallest absolute Gasteiger partial charge is 0.422 e. The number of aromatic nitrogens is 1. The third kappa shape index (κ3) is 4.71. The molecule has 0 bridgehead atoms. The molecular formula is C18H21BrF4N2O3. The number of esters is 1. The monoisotopic (exact) mass is 468 g/mol. The number of hydrogen-bond donors (Lipinski definition) is 0. The quantitative estimate of drug-likeness (QED) is 0.365. The number of nitrogens with zero attached hydrogens (tertiary/aromatic N) is 2. The average molecular weight is 469 g/mol. The summed E-state index contributed by atoms with van der Waals surface area (Å²) in [4.78, 5) is 20.3. The van der Waals surface area contributed by atoms with Crippen molar-refractivity contribution in [2.45, 2.75) is 64.0 Å². The van der Waals surface area contributed by atoms with Gasteiger partial charge in [0.25, 0.3) is 0 Å². The summed E-state index contributed by atoms with van der Waals surface area (Å²) >= 11 is 3.11. The molecule has 0 fully saturated rings. The van der Waals surface area contributed by atoms with E-state index in [1.165, 1.54) is 13.0 Å². The molecule has 1 aromatic rings. The van der Waals surface area contributed by atoms with E-state index in [4.69, 9.17) is 9.47 Å². The number of carbonyl (C=O) groups is 1. The number of halogens is 5. The third-order valence-electron chi connectivity index (χ3n) is 4.17. The standard InChI is InChI=1S/C18H21BrF4N2O3/c1-15(2,3)28-13(26)8-11-17(5,18(21,22)23)27-9-16(4,25-11)14-10(20)6-7-12(19)24-14/h6-7H,8-9H2,1-5H3/t16-,17+/m0/s1. The summed E-state index contributed by atoms with van der Waals surface area (Å²) in [6.45, 7) is 6.41. The molecule has 2 heterocycles. The fourth-order valence-electron chi connectivity index (χ4n) is 2.69. The molecule has 1 aliphatic rings. The second-order valence-electron chi connectivity index (χ2n) is 7.88. The van der Waals surface area contributed by atoms with Crippen molar-refractivity contribution in [1.29, 1.82) is 0 Å². The van der Waals surface area contributed by atoms with E-state index < -0.39 is 53.4 Å². The Bertz CT molecular complexity index is 807. The van der Waals surface area contributed by atoms with Gasteiger partial charge < -0.3 is 9.47 Å². The first-order valence-electron chi connectivity index (χ1n) is 8.42. The van der Waals surface area contributed by atoms with Crippen LogP contribution in [0.3, 0.4) is 0 Å². The van der Waals surface area contributed by atoms with Crippen molar-refractivity contribution in [2.24, 2.45) is 4.99 Å². The molecule has 0 radical (unpaired) electrons. The normalized spacial score (nSPS) is 26.0. The lowest BCUT2D eigenvalue weighted by Crippen LogP contribution is -2.57. The van der Waals surface area contributed by atoms with Crippen molar-refractivity contribution in [1.82, 2.24) is 4.98 Å². The third-order valence-corrected chi connectivity index (χ3v) is 4.61. The minimum absolute atomic E-state index is 0.187. The zero-order valence-corrected chi connectivity index (χ0v) is 17.7. The Balaban J connectivity index is 2.54. The molecule has 0 spiro atoms. The van der Waals surface area contributed by atoms with Crippen molar-refractivity contribution in [3.05, 3.63) is 28.2 Å². The van der Waals surface area contributed by atoms with Gasteiger partial charge in [0.1, 0.15) is 27.3 Å². The average Bonchev–Trinajstić information content (AvgIpc) is 2.50. The van der Waals surface area contributed by atoms with Crippen LogP contribution in [0.5, 0.6) is 0 Å². The lowest BCUT2D eigenvalue weighted by atomic mass is 9.89. The maximum absolute atomic E-state index is 14.3. The molecule has 0 N–H and O–H groups in total. The molecule has 0 saturated carbocycles. The van der Waals surface area contributed by atoms with Crippen LogP contribution >= 0.6 is 15.9 Å². The van der Waals surface area contributed by atoms with Gasteiger partial charge in [-0.1, -0.05) is 0 Å². The van der Waals surface area contributed by atoms with Crippen molar-refractivity contribution < 1.29 is 31.8 Å². The molecule has 1 aromatic heterocycles. The van der Waals surface area contributed by atoms with Gasteiger partial charge in [0.05, 0.1) is 18.7 Å². The van der Waals surface area contributed by atoms with Crippen LogP contribution in [0.1, 0.15) is 46.7 Å². The molecule has 0 unspecified atom stereocenters. The van der Waals surface area contributed by atoms with Gasteiger partial charge in [0.15, 0.2) is 5.60 Å². The number of alkyl halides is 3. The van der Waals surface area contributed by atoms with Crippen molar-refractivity contribution in [3.8, 4) is 0 Å². The SMILES string of the molecule is CC(C)(C)OC(=O)CC1=N[C@](C)(c2nc(Br)ccc2F)CO[C@@]1(C)C(F)(F)F. The Kier molecular flexibility index (Phi) is 5.98. The van der Waals surface area contributed by atoms with Crippen LogP contribution in [0.25, 0.3) is 0 Å². The molecule has 0 amide bonds. The van der Waals surface area contributed by atoms with E-state index in [9.17, 15) is 22.4 Å². The van der Waals surface area contributed by atoms with Crippen LogP contribution < -0.4 is 0 Å². The van der Waals surface area contributed by atoms with Gasteiger partial charge in [-0.3, -0.25) is 9.79 Å². The highest BCUT2D eigenvalue weighted by atomic mass is 79.9. The number of hydrogen-bond acceptors (Lipinski definition) is 5. The fraction of sp³-hybridized carbons (Fsp3) is 0.611. The van der Waals surface area contributed by atoms with Crippen LogP contribution in [0.15, 0.2) is 21.7 Å². The maximum Gasteiger partial charge on any atom is 0.422 e. The Hall–Kier alpha value is -1.55. The maximum atomic E-state index is 14.3. The molecule has 28 heavy (non-hydrogen) atoms. The number of carbonyl (C=O) groups excluding carboxylic acids is 1. The molecule has 10 heteroatoms. The Morgan fingerprint density at radius 1 is 1.29 bits per heavy atom. The topological polar surface area (TPSA) is 60.8 Å². The zero-order valence-electron chi connectivity index (χ0n) is 16.1. The minimum atomic E-state index is -4.83. The Labute approximate surface area is 168 Å². The second-order valence-corrected chi connectivity index (χ2v) is 8.69. The lowest BCUT2D eigenvalue weighted by molar-refractivity contribution is -0.250. The summed E-state index contributed by atoms with van der Waals surface area (Å²) in [6, 6.07) is 2.48.